The molecule has 0 saturated heterocycles. The van der Waals surface area contributed by atoms with Crippen LogP contribution in [0, 0.1) is 17.2 Å². The largest absolute Gasteiger partial charge is 0.452 e. The third-order valence-corrected chi connectivity index (χ3v) is 3.73. The predicted molar refractivity (Wildman–Crippen MR) is 77.1 cm³/mol. The number of hydrogen-bond acceptors (Lipinski definition) is 5. The summed E-state index contributed by atoms with van der Waals surface area (Å²) < 4.78 is 5.56. The van der Waals surface area contributed by atoms with Gasteiger partial charge in [0.05, 0.1) is 11.6 Å². The number of ether oxygens (including phenoxy) is 1. The van der Waals surface area contributed by atoms with E-state index in [0.717, 1.165) is 12.8 Å². The summed E-state index contributed by atoms with van der Waals surface area (Å²) in [6, 6.07) is 3.66. The van der Waals surface area contributed by atoms with Gasteiger partial charge in [-0.2, -0.15) is 5.26 Å². The fourth-order valence-electron chi connectivity index (χ4n) is 1.95. The van der Waals surface area contributed by atoms with Gasteiger partial charge in [0, 0.05) is 16.9 Å². The molecule has 6 nitrogen and oxygen atoms in total. The van der Waals surface area contributed by atoms with Crippen molar-refractivity contribution in [1.82, 2.24) is 10.3 Å². The molecule has 0 radical (unpaired) electrons. The summed E-state index contributed by atoms with van der Waals surface area (Å²) in [6.45, 7) is 1.26. The maximum absolute atomic E-state index is 11.8. The number of carbonyl (C=O) groups excluding carboxylic acids is 2. The molecule has 1 aliphatic rings. The number of aromatic nitrogens is 1. The number of nitrogens with one attached hydrogen (secondary N) is 1. The van der Waals surface area contributed by atoms with Gasteiger partial charge in [-0.3, -0.25) is 9.78 Å². The number of amides is 1. The third-order valence-electron chi connectivity index (χ3n) is 3.30. The maximum Gasteiger partial charge on any atom is 0.340 e. The van der Waals surface area contributed by atoms with Crippen LogP contribution in [-0.2, 0) is 9.53 Å². The van der Waals surface area contributed by atoms with Gasteiger partial charge in [-0.1, -0.05) is 0 Å². The lowest BCUT2D eigenvalue weighted by molar-refractivity contribution is -0.125. The standard InChI is InChI=1S/C14H14BrN3O3/c1-14(8-16,10-2-3-10)18-12(19)7-21-13(20)9-4-11(15)6-17-5-9/h4-6,10H,2-3,7H2,1H3,(H,18,19)/t14-/m1/s1. The van der Waals surface area contributed by atoms with Gasteiger partial charge in [-0.05, 0) is 47.7 Å². The first-order valence-electron chi connectivity index (χ1n) is 6.44. The number of nitriles is 1. The molecule has 0 aromatic carbocycles. The lowest BCUT2D eigenvalue weighted by atomic mass is 9.98. The van der Waals surface area contributed by atoms with Crippen molar-refractivity contribution in [3.63, 3.8) is 0 Å². The topological polar surface area (TPSA) is 92.1 Å². The van der Waals surface area contributed by atoms with Crippen LogP contribution in [-0.4, -0.2) is 29.0 Å². The van der Waals surface area contributed by atoms with E-state index in [1.54, 1.807) is 13.0 Å². The Kier molecular flexibility index (Phi) is 4.58. The Bertz CT molecular complexity index is 610. The minimum atomic E-state index is -0.888. The molecular formula is C14H14BrN3O3. The van der Waals surface area contributed by atoms with Crippen molar-refractivity contribution in [3.8, 4) is 6.07 Å². The predicted octanol–water partition coefficient (Wildman–Crippen LogP) is 1.81. The highest BCUT2D eigenvalue weighted by molar-refractivity contribution is 9.10. The molecule has 0 aliphatic heterocycles. The van der Waals surface area contributed by atoms with Crippen LogP contribution in [0.2, 0.25) is 0 Å². The van der Waals surface area contributed by atoms with Crippen LogP contribution in [0.25, 0.3) is 0 Å². The minimum absolute atomic E-state index is 0.177. The molecule has 1 fully saturated rings. The second-order valence-electron chi connectivity index (χ2n) is 5.10. The van der Waals surface area contributed by atoms with Crippen molar-refractivity contribution in [3.05, 3.63) is 28.5 Å². The molecule has 1 aromatic rings. The fraction of sp³-hybridized carbons (Fsp3) is 0.429. The van der Waals surface area contributed by atoms with Crippen LogP contribution in [0.5, 0.6) is 0 Å². The number of hydrogen-bond donors (Lipinski definition) is 1. The zero-order chi connectivity index (χ0) is 15.5. The van der Waals surface area contributed by atoms with Gasteiger partial charge >= 0.3 is 5.97 Å². The summed E-state index contributed by atoms with van der Waals surface area (Å²) in [6.07, 6.45) is 4.74. The number of pyridine rings is 1. The van der Waals surface area contributed by atoms with Crippen LogP contribution in [0.1, 0.15) is 30.1 Å². The lowest BCUT2D eigenvalue weighted by Gasteiger charge is -2.22. The van der Waals surface area contributed by atoms with Crippen molar-refractivity contribution in [2.45, 2.75) is 25.3 Å². The SMILES string of the molecule is C[C@](C#N)(NC(=O)COC(=O)c1cncc(Br)c1)C1CC1. The molecule has 1 atom stereocenters. The molecular weight excluding hydrogens is 338 g/mol. The first kappa shape index (κ1) is 15.4. The molecule has 0 spiro atoms. The molecule has 7 heteroatoms. The molecule has 0 bridgehead atoms. The fourth-order valence-corrected chi connectivity index (χ4v) is 2.31. The summed E-state index contributed by atoms with van der Waals surface area (Å²) >= 11 is 3.20. The first-order valence-corrected chi connectivity index (χ1v) is 7.24. The van der Waals surface area contributed by atoms with Gasteiger partial charge in [0.2, 0.25) is 0 Å². The van der Waals surface area contributed by atoms with Crippen LogP contribution >= 0.6 is 15.9 Å². The second-order valence-corrected chi connectivity index (χ2v) is 6.02. The average molecular weight is 352 g/mol. The number of rotatable bonds is 5. The van der Waals surface area contributed by atoms with Crippen molar-refractivity contribution in [2.75, 3.05) is 6.61 Å². The van der Waals surface area contributed by atoms with Crippen molar-refractivity contribution < 1.29 is 14.3 Å². The Balaban J connectivity index is 1.87. The molecule has 21 heavy (non-hydrogen) atoms. The lowest BCUT2D eigenvalue weighted by Crippen LogP contribution is -2.48. The zero-order valence-corrected chi connectivity index (χ0v) is 13.0. The van der Waals surface area contributed by atoms with E-state index >= 15 is 0 Å². The number of esters is 1. The maximum atomic E-state index is 11.8. The van der Waals surface area contributed by atoms with Crippen molar-refractivity contribution in [1.29, 1.82) is 5.26 Å². The van der Waals surface area contributed by atoms with Gasteiger partial charge in [-0.15, -0.1) is 0 Å². The van der Waals surface area contributed by atoms with Crippen LogP contribution in [0.15, 0.2) is 22.9 Å². The molecule has 1 saturated carbocycles. The smallest absolute Gasteiger partial charge is 0.340 e. The van der Waals surface area contributed by atoms with Crippen molar-refractivity contribution in [2.24, 2.45) is 5.92 Å². The van der Waals surface area contributed by atoms with E-state index in [1.165, 1.54) is 12.4 Å². The van der Waals surface area contributed by atoms with Gasteiger partial charge < -0.3 is 10.1 Å². The molecule has 1 amide bonds. The summed E-state index contributed by atoms with van der Waals surface area (Å²) in [5, 5.41) is 11.8. The summed E-state index contributed by atoms with van der Waals surface area (Å²) in [5.41, 5.74) is -0.636. The van der Waals surface area contributed by atoms with Crippen LogP contribution in [0.3, 0.4) is 0 Å². The summed E-state index contributed by atoms with van der Waals surface area (Å²) in [7, 11) is 0. The van der Waals surface area contributed by atoms with E-state index in [9.17, 15) is 9.59 Å². The van der Waals surface area contributed by atoms with Crippen LogP contribution < -0.4 is 5.32 Å². The average Bonchev–Trinajstić information content (AvgIpc) is 3.29. The Morgan fingerprint density at radius 3 is 2.86 bits per heavy atom. The molecule has 1 aromatic heterocycles. The Morgan fingerprint density at radius 1 is 1.57 bits per heavy atom. The van der Waals surface area contributed by atoms with E-state index in [1.807, 2.05) is 0 Å². The van der Waals surface area contributed by atoms with Gasteiger partial charge in [0.15, 0.2) is 6.61 Å². The molecule has 2 rings (SSSR count). The van der Waals surface area contributed by atoms with E-state index in [0.29, 0.717) is 4.47 Å². The highest BCUT2D eigenvalue weighted by Crippen LogP contribution is 2.39. The molecule has 1 heterocycles. The first-order chi connectivity index (χ1) is 9.94. The van der Waals surface area contributed by atoms with E-state index in [4.69, 9.17) is 10.00 Å². The van der Waals surface area contributed by atoms with Gasteiger partial charge in [0.25, 0.3) is 5.91 Å². The normalized spacial score (nSPS) is 16.4. The summed E-state index contributed by atoms with van der Waals surface area (Å²) in [5.74, 6) is -0.942. The van der Waals surface area contributed by atoms with Crippen LogP contribution in [0.4, 0.5) is 0 Å². The summed E-state index contributed by atoms with van der Waals surface area (Å²) in [4.78, 5) is 27.4. The zero-order valence-electron chi connectivity index (χ0n) is 11.4. The highest BCUT2D eigenvalue weighted by Gasteiger charge is 2.43. The third kappa shape index (κ3) is 4.02. The van der Waals surface area contributed by atoms with Gasteiger partial charge in [0.1, 0.15) is 5.54 Å². The Morgan fingerprint density at radius 2 is 2.29 bits per heavy atom. The highest BCUT2D eigenvalue weighted by atomic mass is 79.9. The van der Waals surface area contributed by atoms with Gasteiger partial charge in [-0.25, -0.2) is 4.79 Å². The molecule has 1 aliphatic carbocycles. The minimum Gasteiger partial charge on any atom is -0.452 e. The van der Waals surface area contributed by atoms with E-state index in [2.05, 4.69) is 32.3 Å². The van der Waals surface area contributed by atoms with Crippen molar-refractivity contribution >= 4 is 27.8 Å². The monoisotopic (exact) mass is 351 g/mol. The number of nitrogens with zero attached hydrogens (tertiary/aromatic N) is 2. The molecule has 0 unspecified atom stereocenters. The van der Waals surface area contributed by atoms with E-state index < -0.39 is 24.0 Å². The Hall–Kier alpha value is -1.94. The number of carbonyl (C=O) groups is 2. The molecule has 1 N–H and O–H groups in total. The second kappa shape index (κ2) is 6.22. The number of halogens is 1. The Labute approximate surface area is 130 Å². The quantitative estimate of drug-likeness (QED) is 0.816. The van der Waals surface area contributed by atoms with E-state index in [-0.39, 0.29) is 11.5 Å². The molecule has 110 valence electrons.